The quantitative estimate of drug-likeness (QED) is 0.757. The van der Waals surface area contributed by atoms with Crippen molar-refractivity contribution in [2.24, 2.45) is 5.73 Å². The Morgan fingerprint density at radius 3 is 2.55 bits per heavy atom. The third-order valence-corrected chi connectivity index (χ3v) is 1.27. The predicted octanol–water partition coefficient (Wildman–Crippen LogP) is 1.57. The molecular formula is C7H9BrFNO. The lowest BCUT2D eigenvalue weighted by molar-refractivity contribution is 0.462. The van der Waals surface area contributed by atoms with Gasteiger partial charge in [-0.15, -0.1) is 17.0 Å². The first-order chi connectivity index (χ1) is 4.74. The number of hydrogen-bond acceptors (Lipinski definition) is 2. The minimum atomic E-state index is -0.449. The summed E-state index contributed by atoms with van der Waals surface area (Å²) in [5.41, 5.74) is 5.78. The molecule has 0 aliphatic carbocycles. The second kappa shape index (κ2) is 4.31. The van der Waals surface area contributed by atoms with Crippen LogP contribution in [-0.4, -0.2) is 5.11 Å². The van der Waals surface area contributed by atoms with Gasteiger partial charge in [-0.2, -0.15) is 0 Å². The van der Waals surface area contributed by atoms with Crippen molar-refractivity contribution < 1.29 is 9.50 Å². The summed E-state index contributed by atoms with van der Waals surface area (Å²) in [6, 6.07) is 3.77. The molecule has 1 aromatic carbocycles. The molecule has 0 saturated heterocycles. The molecule has 4 heteroatoms. The lowest BCUT2D eigenvalue weighted by Crippen LogP contribution is -1.96. The Kier molecular flexibility index (Phi) is 4.07. The number of benzene rings is 1. The molecule has 0 aliphatic rings. The number of nitrogens with two attached hydrogens (primary N) is 1. The van der Waals surface area contributed by atoms with Crippen molar-refractivity contribution in [3.05, 3.63) is 29.6 Å². The molecule has 62 valence electrons. The molecule has 0 bridgehead atoms. The zero-order valence-corrected chi connectivity index (χ0v) is 7.46. The van der Waals surface area contributed by atoms with E-state index in [4.69, 9.17) is 10.8 Å². The minimum Gasteiger partial charge on any atom is -0.508 e. The van der Waals surface area contributed by atoms with Crippen LogP contribution in [0.5, 0.6) is 5.75 Å². The third kappa shape index (κ3) is 2.48. The van der Waals surface area contributed by atoms with Crippen LogP contribution in [0.1, 0.15) is 5.56 Å². The molecule has 1 rings (SSSR count). The molecule has 1 aromatic rings. The zero-order valence-electron chi connectivity index (χ0n) is 5.75. The van der Waals surface area contributed by atoms with Crippen LogP contribution in [0.2, 0.25) is 0 Å². The van der Waals surface area contributed by atoms with Crippen molar-refractivity contribution >= 4 is 17.0 Å². The first kappa shape index (κ1) is 10.4. The molecule has 0 aromatic heterocycles. The lowest BCUT2D eigenvalue weighted by Gasteiger charge is -1.98. The highest BCUT2D eigenvalue weighted by molar-refractivity contribution is 8.93. The Labute approximate surface area is 74.6 Å². The van der Waals surface area contributed by atoms with Crippen LogP contribution in [-0.2, 0) is 6.54 Å². The van der Waals surface area contributed by atoms with Gasteiger partial charge in [-0.3, -0.25) is 0 Å². The first-order valence-corrected chi connectivity index (χ1v) is 2.91. The standard InChI is InChI=1S/C7H8FNO.BrH/c8-6-2-1-5(4-9)7(10)3-6;/h1-3,10H,4,9H2;1H. The van der Waals surface area contributed by atoms with Crippen LogP contribution in [0.25, 0.3) is 0 Å². The van der Waals surface area contributed by atoms with Gasteiger partial charge in [-0.1, -0.05) is 6.07 Å². The first-order valence-electron chi connectivity index (χ1n) is 2.91. The summed E-state index contributed by atoms with van der Waals surface area (Å²) in [6.07, 6.45) is 0. The molecular weight excluding hydrogens is 213 g/mol. The second-order valence-electron chi connectivity index (χ2n) is 1.98. The van der Waals surface area contributed by atoms with Crippen LogP contribution in [0.3, 0.4) is 0 Å². The highest BCUT2D eigenvalue weighted by Gasteiger charge is 1.98. The molecule has 0 radical (unpaired) electrons. The van der Waals surface area contributed by atoms with Crippen molar-refractivity contribution in [2.45, 2.75) is 6.54 Å². The van der Waals surface area contributed by atoms with E-state index in [2.05, 4.69) is 0 Å². The molecule has 0 atom stereocenters. The Hall–Kier alpha value is -0.610. The van der Waals surface area contributed by atoms with Gasteiger partial charge in [0, 0.05) is 18.2 Å². The molecule has 3 N–H and O–H groups in total. The Bertz CT molecular complexity index is 242. The highest BCUT2D eigenvalue weighted by atomic mass is 79.9. The van der Waals surface area contributed by atoms with Gasteiger partial charge in [0.05, 0.1) is 0 Å². The van der Waals surface area contributed by atoms with Crippen molar-refractivity contribution in [1.29, 1.82) is 0 Å². The number of rotatable bonds is 1. The van der Waals surface area contributed by atoms with Gasteiger partial charge in [-0.25, -0.2) is 4.39 Å². The number of hydrogen-bond donors (Lipinski definition) is 2. The maximum absolute atomic E-state index is 12.3. The fourth-order valence-electron chi connectivity index (χ4n) is 0.710. The molecule has 0 fully saturated rings. The largest absolute Gasteiger partial charge is 0.508 e. The predicted molar refractivity (Wildman–Crippen MR) is 46.3 cm³/mol. The van der Waals surface area contributed by atoms with Crippen LogP contribution >= 0.6 is 17.0 Å². The van der Waals surface area contributed by atoms with Gasteiger partial charge in [0.2, 0.25) is 0 Å². The van der Waals surface area contributed by atoms with Gasteiger partial charge in [0.15, 0.2) is 0 Å². The summed E-state index contributed by atoms with van der Waals surface area (Å²) < 4.78 is 12.3. The van der Waals surface area contributed by atoms with E-state index in [-0.39, 0.29) is 29.3 Å². The summed E-state index contributed by atoms with van der Waals surface area (Å²) in [6.45, 7) is 0.228. The van der Waals surface area contributed by atoms with Crippen molar-refractivity contribution in [1.82, 2.24) is 0 Å². The van der Waals surface area contributed by atoms with Crippen LogP contribution in [0, 0.1) is 5.82 Å². The van der Waals surface area contributed by atoms with E-state index in [1.165, 1.54) is 12.1 Å². The molecule has 11 heavy (non-hydrogen) atoms. The van der Waals surface area contributed by atoms with Gasteiger partial charge in [-0.05, 0) is 6.07 Å². The van der Waals surface area contributed by atoms with Gasteiger partial charge >= 0.3 is 0 Å². The van der Waals surface area contributed by atoms with Crippen molar-refractivity contribution in [3.63, 3.8) is 0 Å². The van der Waals surface area contributed by atoms with Gasteiger partial charge < -0.3 is 10.8 Å². The monoisotopic (exact) mass is 221 g/mol. The molecule has 0 heterocycles. The van der Waals surface area contributed by atoms with E-state index in [1.807, 2.05) is 0 Å². The van der Waals surface area contributed by atoms with Crippen molar-refractivity contribution in [3.8, 4) is 5.75 Å². The highest BCUT2D eigenvalue weighted by Crippen LogP contribution is 2.16. The Balaban J connectivity index is 0.000001000. The summed E-state index contributed by atoms with van der Waals surface area (Å²) >= 11 is 0. The Morgan fingerprint density at radius 1 is 1.45 bits per heavy atom. The maximum atomic E-state index is 12.3. The maximum Gasteiger partial charge on any atom is 0.126 e. The fourth-order valence-corrected chi connectivity index (χ4v) is 0.710. The number of halogens is 2. The molecule has 2 nitrogen and oxygen atoms in total. The van der Waals surface area contributed by atoms with Gasteiger partial charge in [0.1, 0.15) is 11.6 Å². The number of phenolic OH excluding ortho intramolecular Hbond substituents is 1. The fraction of sp³-hybridized carbons (Fsp3) is 0.143. The van der Waals surface area contributed by atoms with E-state index in [0.29, 0.717) is 5.56 Å². The van der Waals surface area contributed by atoms with E-state index >= 15 is 0 Å². The summed E-state index contributed by atoms with van der Waals surface area (Å²) in [4.78, 5) is 0. The van der Waals surface area contributed by atoms with Gasteiger partial charge in [0.25, 0.3) is 0 Å². The molecule has 0 spiro atoms. The van der Waals surface area contributed by atoms with Crippen LogP contribution in [0.15, 0.2) is 18.2 Å². The normalized spacial score (nSPS) is 8.91. The van der Waals surface area contributed by atoms with E-state index in [9.17, 15) is 4.39 Å². The summed E-state index contributed by atoms with van der Waals surface area (Å²) in [7, 11) is 0. The Morgan fingerprint density at radius 2 is 2.09 bits per heavy atom. The number of aromatic hydroxyl groups is 1. The smallest absolute Gasteiger partial charge is 0.126 e. The number of phenols is 1. The van der Waals surface area contributed by atoms with E-state index < -0.39 is 5.82 Å². The summed E-state index contributed by atoms with van der Waals surface area (Å²) in [5, 5.41) is 8.97. The van der Waals surface area contributed by atoms with Crippen LogP contribution in [0.4, 0.5) is 4.39 Å². The lowest BCUT2D eigenvalue weighted by atomic mass is 10.2. The zero-order chi connectivity index (χ0) is 7.56. The van der Waals surface area contributed by atoms with E-state index in [0.717, 1.165) is 6.07 Å². The molecule has 0 saturated carbocycles. The molecule has 0 amide bonds. The van der Waals surface area contributed by atoms with Crippen molar-refractivity contribution in [2.75, 3.05) is 0 Å². The van der Waals surface area contributed by atoms with Crippen LogP contribution < -0.4 is 5.73 Å². The average molecular weight is 222 g/mol. The second-order valence-corrected chi connectivity index (χ2v) is 1.98. The average Bonchev–Trinajstić information content (AvgIpc) is 1.88. The van der Waals surface area contributed by atoms with E-state index in [1.54, 1.807) is 0 Å². The topological polar surface area (TPSA) is 46.2 Å². The third-order valence-electron chi connectivity index (χ3n) is 1.27. The minimum absolute atomic E-state index is 0. The SMILES string of the molecule is Br.NCc1ccc(F)cc1O. The molecule has 0 aliphatic heterocycles. The molecule has 0 unspecified atom stereocenters. The summed E-state index contributed by atoms with van der Waals surface area (Å²) in [5.74, 6) is -0.530.